The van der Waals surface area contributed by atoms with E-state index in [1.165, 1.54) is 94.3 Å². The lowest BCUT2D eigenvalue weighted by atomic mass is 9.82. The Morgan fingerprint density at radius 2 is 0.839 bits per heavy atom. The SMILES string of the molecule is CC1(C)c2ccccc2-c2cc(N(c3ccccc3)c3ccc(-c4cccc(-c5ccc6c(c5)c5ccccc5n6-c5ccc6c(c5)-c5ccccc5C6(C)C)c4)cc3)ccc21. The number of hydrogen-bond donors (Lipinski definition) is 0. The predicted octanol–water partition coefficient (Wildman–Crippen LogP) is 16.2. The average molecular weight is 795 g/mol. The minimum Gasteiger partial charge on any atom is -0.310 e. The highest BCUT2D eigenvalue weighted by molar-refractivity contribution is 6.10. The zero-order valence-electron chi connectivity index (χ0n) is 35.5. The largest absolute Gasteiger partial charge is 0.310 e. The van der Waals surface area contributed by atoms with Crippen LogP contribution in [-0.4, -0.2) is 4.57 Å². The average Bonchev–Trinajstić information content (AvgIpc) is 3.86. The van der Waals surface area contributed by atoms with Crippen LogP contribution >= 0.6 is 0 Å². The van der Waals surface area contributed by atoms with Gasteiger partial charge in [0.15, 0.2) is 0 Å². The summed E-state index contributed by atoms with van der Waals surface area (Å²) in [5, 5.41) is 2.52. The summed E-state index contributed by atoms with van der Waals surface area (Å²) in [6.07, 6.45) is 0. The molecule has 0 aliphatic heterocycles. The van der Waals surface area contributed by atoms with E-state index in [0.29, 0.717) is 0 Å². The van der Waals surface area contributed by atoms with Crippen molar-refractivity contribution in [1.29, 1.82) is 0 Å². The van der Waals surface area contributed by atoms with E-state index >= 15 is 0 Å². The zero-order chi connectivity index (χ0) is 41.7. The lowest BCUT2D eigenvalue weighted by Gasteiger charge is -2.27. The van der Waals surface area contributed by atoms with Crippen LogP contribution in [0.2, 0.25) is 0 Å². The molecule has 1 aromatic heterocycles. The second-order valence-corrected chi connectivity index (χ2v) is 18.2. The second-order valence-electron chi connectivity index (χ2n) is 18.2. The van der Waals surface area contributed by atoms with Gasteiger partial charge in [0.25, 0.3) is 0 Å². The molecule has 0 saturated heterocycles. The molecule has 0 fully saturated rings. The number of anilines is 3. The summed E-state index contributed by atoms with van der Waals surface area (Å²) in [4.78, 5) is 2.38. The van der Waals surface area contributed by atoms with Crippen LogP contribution in [0.5, 0.6) is 0 Å². The molecule has 0 saturated carbocycles. The van der Waals surface area contributed by atoms with Gasteiger partial charge in [-0.3, -0.25) is 0 Å². The normalized spacial score (nSPS) is 14.1. The Morgan fingerprint density at radius 1 is 0.323 bits per heavy atom. The van der Waals surface area contributed by atoms with Crippen molar-refractivity contribution in [2.24, 2.45) is 0 Å². The summed E-state index contributed by atoms with van der Waals surface area (Å²) in [6.45, 7) is 9.37. The summed E-state index contributed by atoms with van der Waals surface area (Å²) in [5.41, 5.74) is 22.7. The van der Waals surface area contributed by atoms with Crippen molar-refractivity contribution in [3.05, 3.63) is 229 Å². The van der Waals surface area contributed by atoms with Gasteiger partial charge in [0.2, 0.25) is 0 Å². The lowest BCUT2D eigenvalue weighted by Crippen LogP contribution is -2.15. The fourth-order valence-corrected chi connectivity index (χ4v) is 10.8. The monoisotopic (exact) mass is 794 g/mol. The van der Waals surface area contributed by atoms with E-state index in [4.69, 9.17) is 0 Å². The van der Waals surface area contributed by atoms with Crippen molar-refractivity contribution in [3.8, 4) is 50.2 Å². The number of nitrogens with zero attached hydrogens (tertiary/aromatic N) is 2. The molecular weight excluding hydrogens is 749 g/mol. The highest BCUT2D eigenvalue weighted by atomic mass is 15.1. The molecule has 0 spiro atoms. The van der Waals surface area contributed by atoms with Gasteiger partial charge in [-0.1, -0.05) is 161 Å². The van der Waals surface area contributed by atoms with Gasteiger partial charge in [-0.25, -0.2) is 0 Å². The van der Waals surface area contributed by atoms with Crippen LogP contribution in [0, 0.1) is 0 Å². The van der Waals surface area contributed by atoms with Crippen LogP contribution in [0.4, 0.5) is 17.1 Å². The second kappa shape index (κ2) is 13.5. The molecule has 12 rings (SSSR count). The molecule has 9 aromatic carbocycles. The van der Waals surface area contributed by atoms with Crippen molar-refractivity contribution in [3.63, 3.8) is 0 Å². The number of para-hydroxylation sites is 2. The van der Waals surface area contributed by atoms with Gasteiger partial charge in [-0.05, 0) is 140 Å². The summed E-state index contributed by atoms with van der Waals surface area (Å²) < 4.78 is 2.45. The summed E-state index contributed by atoms with van der Waals surface area (Å²) in [5.74, 6) is 0. The van der Waals surface area contributed by atoms with Crippen molar-refractivity contribution < 1.29 is 0 Å². The number of rotatable bonds is 6. The Kier molecular flexibility index (Phi) is 7.96. The molecule has 2 aliphatic rings. The molecule has 62 heavy (non-hydrogen) atoms. The summed E-state index contributed by atoms with van der Waals surface area (Å²) in [7, 11) is 0. The topological polar surface area (TPSA) is 8.17 Å². The van der Waals surface area contributed by atoms with Gasteiger partial charge in [0.05, 0.1) is 11.0 Å². The van der Waals surface area contributed by atoms with Gasteiger partial charge >= 0.3 is 0 Å². The fraction of sp³-hybridized carbons (Fsp3) is 0.100. The smallest absolute Gasteiger partial charge is 0.0541 e. The molecule has 0 radical (unpaired) electrons. The third kappa shape index (κ3) is 5.43. The standard InChI is InChI=1S/C60H46N2/c1-59(2)53-22-11-8-19-47(53)50-37-45(30-32-55(50)59)61(43-17-6-5-7-18-43)44-28-25-39(26-29-44)40-15-14-16-41(35-40)42-27-34-58-52(36-42)49-21-10-13-24-57(49)62(58)46-31-33-56-51(38-46)48-20-9-12-23-54(48)60(56,3)4/h5-38H,1-4H3. The lowest BCUT2D eigenvalue weighted by molar-refractivity contribution is 0.660. The number of hydrogen-bond acceptors (Lipinski definition) is 1. The van der Waals surface area contributed by atoms with E-state index in [0.717, 1.165) is 17.1 Å². The Bertz CT molecular complexity index is 3400. The van der Waals surface area contributed by atoms with E-state index in [1.807, 2.05) is 0 Å². The highest BCUT2D eigenvalue weighted by Crippen LogP contribution is 2.52. The van der Waals surface area contributed by atoms with E-state index < -0.39 is 0 Å². The molecule has 0 amide bonds. The van der Waals surface area contributed by atoms with Gasteiger partial charge in [-0.2, -0.15) is 0 Å². The minimum atomic E-state index is -0.0308. The van der Waals surface area contributed by atoms with Crippen LogP contribution in [0.1, 0.15) is 49.9 Å². The van der Waals surface area contributed by atoms with Crippen molar-refractivity contribution in [1.82, 2.24) is 4.57 Å². The maximum absolute atomic E-state index is 2.45. The van der Waals surface area contributed by atoms with Gasteiger partial charge in [0.1, 0.15) is 0 Å². The van der Waals surface area contributed by atoms with Crippen LogP contribution in [0.3, 0.4) is 0 Å². The molecular formula is C60H46N2. The fourth-order valence-electron chi connectivity index (χ4n) is 10.8. The Morgan fingerprint density at radius 3 is 1.56 bits per heavy atom. The molecule has 0 unspecified atom stereocenters. The van der Waals surface area contributed by atoms with Crippen LogP contribution in [-0.2, 0) is 10.8 Å². The number of aromatic nitrogens is 1. The van der Waals surface area contributed by atoms with Gasteiger partial charge in [0, 0.05) is 44.4 Å². The molecule has 2 aliphatic carbocycles. The maximum atomic E-state index is 2.45. The third-order valence-corrected chi connectivity index (χ3v) is 14.0. The third-order valence-electron chi connectivity index (χ3n) is 14.0. The van der Waals surface area contributed by atoms with Crippen LogP contribution in [0.15, 0.2) is 206 Å². The first-order chi connectivity index (χ1) is 30.3. The number of fused-ring (bicyclic) bond motifs is 9. The van der Waals surface area contributed by atoms with E-state index in [1.54, 1.807) is 0 Å². The van der Waals surface area contributed by atoms with Crippen LogP contribution < -0.4 is 4.90 Å². The molecule has 1 heterocycles. The quantitative estimate of drug-likeness (QED) is 0.163. The number of benzene rings is 9. The van der Waals surface area contributed by atoms with Crippen molar-refractivity contribution in [2.75, 3.05) is 4.90 Å². The van der Waals surface area contributed by atoms with E-state index in [9.17, 15) is 0 Å². The van der Waals surface area contributed by atoms with Crippen molar-refractivity contribution >= 4 is 38.9 Å². The van der Waals surface area contributed by atoms with Gasteiger partial charge < -0.3 is 9.47 Å². The molecule has 2 nitrogen and oxygen atoms in total. The van der Waals surface area contributed by atoms with Crippen LogP contribution in [0.25, 0.3) is 72.0 Å². The maximum Gasteiger partial charge on any atom is 0.0541 e. The molecule has 2 heteroatoms. The molecule has 0 atom stereocenters. The van der Waals surface area contributed by atoms with E-state index in [-0.39, 0.29) is 10.8 Å². The zero-order valence-corrected chi connectivity index (χ0v) is 35.5. The first-order valence-electron chi connectivity index (χ1n) is 21.8. The molecule has 0 bridgehead atoms. The first-order valence-corrected chi connectivity index (χ1v) is 21.8. The Labute approximate surface area is 364 Å². The minimum absolute atomic E-state index is 0.0205. The van der Waals surface area contributed by atoms with Crippen molar-refractivity contribution in [2.45, 2.75) is 38.5 Å². The summed E-state index contributed by atoms with van der Waals surface area (Å²) >= 11 is 0. The molecule has 0 N–H and O–H groups in total. The summed E-state index contributed by atoms with van der Waals surface area (Å²) in [6, 6.07) is 76.5. The first kappa shape index (κ1) is 36.4. The predicted molar refractivity (Wildman–Crippen MR) is 261 cm³/mol. The van der Waals surface area contributed by atoms with Gasteiger partial charge in [-0.15, -0.1) is 0 Å². The Balaban J connectivity index is 0.900. The highest BCUT2D eigenvalue weighted by Gasteiger charge is 2.36. The molecule has 10 aromatic rings. The van der Waals surface area contributed by atoms with E-state index in [2.05, 4.69) is 243 Å². The molecule has 296 valence electrons. The Hall–Kier alpha value is -7.42.